The van der Waals surface area contributed by atoms with Gasteiger partial charge in [0, 0.05) is 26.1 Å². The van der Waals surface area contributed by atoms with Gasteiger partial charge in [-0.25, -0.2) is 0 Å². The van der Waals surface area contributed by atoms with Crippen molar-refractivity contribution in [3.63, 3.8) is 0 Å². The van der Waals surface area contributed by atoms with Crippen LogP contribution in [-0.4, -0.2) is 46.8 Å². The van der Waals surface area contributed by atoms with Gasteiger partial charge in [0.1, 0.15) is 5.25 Å². The molecule has 0 radical (unpaired) electrons. The van der Waals surface area contributed by atoms with Crippen LogP contribution in [0.3, 0.4) is 0 Å². The van der Waals surface area contributed by atoms with Gasteiger partial charge in [-0.1, -0.05) is 64.6 Å². The van der Waals surface area contributed by atoms with E-state index in [0.717, 1.165) is 50.2 Å². The molecule has 5 nitrogen and oxygen atoms in total. The van der Waals surface area contributed by atoms with E-state index >= 15 is 0 Å². The number of carbonyl (C=O) groups is 2. The number of amidine groups is 1. The van der Waals surface area contributed by atoms with Crippen molar-refractivity contribution in [2.75, 3.05) is 19.6 Å². The summed E-state index contributed by atoms with van der Waals surface area (Å²) < 4.78 is 0. The number of unbranched alkanes of at least 4 members (excludes halogenated alkanes) is 5. The molecule has 0 aromatic carbocycles. The zero-order valence-electron chi connectivity index (χ0n) is 16.2. The highest BCUT2D eigenvalue weighted by Gasteiger charge is 2.38. The summed E-state index contributed by atoms with van der Waals surface area (Å²) in [7, 11) is 0. The van der Waals surface area contributed by atoms with Crippen molar-refractivity contribution in [1.82, 2.24) is 10.2 Å². The second-order valence-corrected chi connectivity index (χ2v) is 7.75. The van der Waals surface area contributed by atoms with Gasteiger partial charge in [0.25, 0.3) is 0 Å². The summed E-state index contributed by atoms with van der Waals surface area (Å²) >= 11 is 1.47. The summed E-state index contributed by atoms with van der Waals surface area (Å²) in [5.74, 6) is 0.0300. The van der Waals surface area contributed by atoms with E-state index in [1.807, 2.05) is 0 Å². The Labute approximate surface area is 157 Å². The molecule has 2 amide bonds. The molecule has 1 saturated heterocycles. The molecule has 0 aliphatic carbocycles. The highest BCUT2D eigenvalue weighted by atomic mass is 32.2. The molecule has 6 heteroatoms. The number of aliphatic imine (C=N–C) groups is 1. The van der Waals surface area contributed by atoms with Crippen LogP contribution in [-0.2, 0) is 9.59 Å². The van der Waals surface area contributed by atoms with Crippen molar-refractivity contribution < 1.29 is 9.59 Å². The van der Waals surface area contributed by atoms with Crippen LogP contribution >= 0.6 is 11.8 Å². The summed E-state index contributed by atoms with van der Waals surface area (Å²) in [6.07, 6.45) is 8.94. The molecule has 0 aromatic heterocycles. The van der Waals surface area contributed by atoms with Crippen LogP contribution in [0.15, 0.2) is 4.99 Å². The summed E-state index contributed by atoms with van der Waals surface area (Å²) in [6, 6.07) is 0. The Bertz CT molecular complexity index is 440. The largest absolute Gasteiger partial charge is 0.356 e. The van der Waals surface area contributed by atoms with E-state index in [9.17, 15) is 9.59 Å². The molecule has 1 aliphatic rings. The average molecular weight is 370 g/mol. The number of hydrogen-bond acceptors (Lipinski definition) is 4. The SMILES string of the molecule is CCCCCCNC(=O)CC1SC(=NCCCC)N(CCCC)C1=O. The van der Waals surface area contributed by atoms with Crippen LogP contribution in [0.25, 0.3) is 0 Å². The zero-order valence-corrected chi connectivity index (χ0v) is 17.0. The van der Waals surface area contributed by atoms with Crippen LogP contribution < -0.4 is 5.32 Å². The highest BCUT2D eigenvalue weighted by Crippen LogP contribution is 2.30. The van der Waals surface area contributed by atoms with Gasteiger partial charge in [0.2, 0.25) is 11.8 Å². The van der Waals surface area contributed by atoms with Gasteiger partial charge in [-0.2, -0.15) is 0 Å². The predicted molar refractivity (Wildman–Crippen MR) is 107 cm³/mol. The van der Waals surface area contributed by atoms with Crippen molar-refractivity contribution >= 4 is 28.7 Å². The first-order valence-corrected chi connectivity index (χ1v) is 10.8. The van der Waals surface area contributed by atoms with Gasteiger partial charge in [0.15, 0.2) is 5.17 Å². The van der Waals surface area contributed by atoms with E-state index in [2.05, 4.69) is 31.1 Å². The molecule has 1 N–H and O–H groups in total. The minimum Gasteiger partial charge on any atom is -0.356 e. The van der Waals surface area contributed by atoms with Gasteiger partial charge in [-0.15, -0.1) is 0 Å². The average Bonchev–Trinajstić information content (AvgIpc) is 2.88. The molecule has 1 heterocycles. The van der Waals surface area contributed by atoms with Crippen LogP contribution in [0.5, 0.6) is 0 Å². The maximum atomic E-state index is 12.6. The van der Waals surface area contributed by atoms with E-state index in [0.29, 0.717) is 13.1 Å². The Hall–Kier alpha value is -1.04. The monoisotopic (exact) mass is 369 g/mol. The Morgan fingerprint density at radius 2 is 1.80 bits per heavy atom. The number of amides is 2. The fourth-order valence-corrected chi connectivity index (χ4v) is 3.83. The molecule has 1 aliphatic heterocycles. The maximum Gasteiger partial charge on any atom is 0.242 e. The molecular formula is C19H35N3O2S. The normalized spacial score (nSPS) is 19.0. The number of carbonyl (C=O) groups excluding carboxylic acids is 2. The first-order chi connectivity index (χ1) is 12.1. The third kappa shape index (κ3) is 8.25. The second kappa shape index (κ2) is 13.2. The fourth-order valence-electron chi connectivity index (χ4n) is 2.64. The lowest BCUT2D eigenvalue weighted by Crippen LogP contribution is -2.35. The molecular weight excluding hydrogens is 334 g/mol. The number of thioether (sulfide) groups is 1. The van der Waals surface area contributed by atoms with E-state index < -0.39 is 0 Å². The van der Waals surface area contributed by atoms with Crippen molar-refractivity contribution in [3.05, 3.63) is 0 Å². The third-order valence-electron chi connectivity index (χ3n) is 4.24. The van der Waals surface area contributed by atoms with Crippen LogP contribution in [0.2, 0.25) is 0 Å². The molecule has 1 unspecified atom stereocenters. The standard InChI is InChI=1S/C19H35N3O2S/c1-4-7-10-11-13-20-17(23)15-16-18(24)22(14-9-6-3)19(25-16)21-12-8-5-2/h16H,4-15H2,1-3H3,(H,20,23). The zero-order chi connectivity index (χ0) is 18.5. The van der Waals surface area contributed by atoms with E-state index in [-0.39, 0.29) is 23.5 Å². The third-order valence-corrected chi connectivity index (χ3v) is 5.45. The van der Waals surface area contributed by atoms with Crippen molar-refractivity contribution in [2.24, 2.45) is 4.99 Å². The van der Waals surface area contributed by atoms with Gasteiger partial charge in [-0.05, 0) is 19.3 Å². The fraction of sp³-hybridized carbons (Fsp3) is 0.842. The lowest BCUT2D eigenvalue weighted by atomic mass is 10.2. The molecule has 0 spiro atoms. The first kappa shape index (κ1) is 22.0. The molecule has 0 saturated carbocycles. The van der Waals surface area contributed by atoms with E-state index in [1.165, 1.54) is 24.6 Å². The second-order valence-electron chi connectivity index (χ2n) is 6.58. The van der Waals surface area contributed by atoms with Crippen LogP contribution in [0.1, 0.15) is 78.6 Å². The van der Waals surface area contributed by atoms with Gasteiger partial charge in [0.05, 0.1) is 0 Å². The van der Waals surface area contributed by atoms with Gasteiger partial charge < -0.3 is 5.32 Å². The molecule has 0 bridgehead atoms. The molecule has 1 rings (SSSR count). The molecule has 144 valence electrons. The van der Waals surface area contributed by atoms with Gasteiger partial charge in [-0.3, -0.25) is 19.5 Å². The summed E-state index contributed by atoms with van der Waals surface area (Å²) in [5, 5.41) is 3.45. The predicted octanol–water partition coefficient (Wildman–Crippen LogP) is 3.97. The Kier molecular flexibility index (Phi) is 11.6. The first-order valence-electron chi connectivity index (χ1n) is 9.93. The molecule has 25 heavy (non-hydrogen) atoms. The Balaban J connectivity index is 2.51. The Morgan fingerprint density at radius 1 is 1.08 bits per heavy atom. The molecule has 0 aromatic rings. The summed E-state index contributed by atoms with van der Waals surface area (Å²) in [4.78, 5) is 31.2. The molecule has 1 fully saturated rings. The molecule has 1 atom stereocenters. The topological polar surface area (TPSA) is 61.8 Å². The number of nitrogens with zero attached hydrogens (tertiary/aromatic N) is 2. The lowest BCUT2D eigenvalue weighted by Gasteiger charge is -2.15. The highest BCUT2D eigenvalue weighted by molar-refractivity contribution is 8.15. The smallest absolute Gasteiger partial charge is 0.242 e. The van der Waals surface area contributed by atoms with E-state index in [1.54, 1.807) is 4.90 Å². The lowest BCUT2D eigenvalue weighted by molar-refractivity contribution is -0.129. The van der Waals surface area contributed by atoms with Crippen molar-refractivity contribution in [3.8, 4) is 0 Å². The van der Waals surface area contributed by atoms with E-state index in [4.69, 9.17) is 0 Å². The van der Waals surface area contributed by atoms with Crippen LogP contribution in [0.4, 0.5) is 0 Å². The van der Waals surface area contributed by atoms with Crippen molar-refractivity contribution in [1.29, 1.82) is 0 Å². The number of nitrogens with one attached hydrogen (secondary N) is 1. The Morgan fingerprint density at radius 3 is 2.48 bits per heavy atom. The quantitative estimate of drug-likeness (QED) is 0.500. The number of rotatable bonds is 13. The maximum absolute atomic E-state index is 12.6. The van der Waals surface area contributed by atoms with Crippen LogP contribution in [0, 0.1) is 0 Å². The minimum absolute atomic E-state index is 0.0207. The number of hydrogen-bond donors (Lipinski definition) is 1. The van der Waals surface area contributed by atoms with Crippen molar-refractivity contribution in [2.45, 2.75) is 83.8 Å². The minimum atomic E-state index is -0.312. The van der Waals surface area contributed by atoms with Gasteiger partial charge >= 0.3 is 0 Å². The summed E-state index contributed by atoms with van der Waals surface area (Å²) in [6.45, 7) is 8.60. The summed E-state index contributed by atoms with van der Waals surface area (Å²) in [5.41, 5.74) is 0.